The lowest BCUT2D eigenvalue weighted by atomic mass is 9.86. The molecule has 0 spiro atoms. The number of ether oxygens (including phenoxy) is 2. The van der Waals surface area contributed by atoms with Crippen molar-refractivity contribution in [2.75, 3.05) is 39.1 Å². The Hall–Kier alpha value is -5.36. The Balaban J connectivity index is 1.28. The molecule has 5 rings (SSSR count). The minimum atomic E-state index is -4.96. The minimum Gasteiger partial charge on any atom is -0.453 e. The summed E-state index contributed by atoms with van der Waals surface area (Å²) in [5.74, 6) is 0.0177. The highest BCUT2D eigenvalue weighted by molar-refractivity contribution is 6.32. The van der Waals surface area contributed by atoms with Crippen LogP contribution in [0.15, 0.2) is 64.6 Å². The van der Waals surface area contributed by atoms with E-state index in [1.165, 1.54) is 32.5 Å². The number of nitrogens with one attached hydrogen (secondary N) is 6. The number of methoxy groups -OCH3 is 1. The summed E-state index contributed by atoms with van der Waals surface area (Å²) in [6.45, 7) is 4.89. The number of likely N-dealkylation sites (tertiary alicyclic amines) is 1. The summed E-state index contributed by atoms with van der Waals surface area (Å²) >= 11 is 6.57. The van der Waals surface area contributed by atoms with Gasteiger partial charge in [0, 0.05) is 45.0 Å². The number of amides is 5. The Morgan fingerprint density at radius 3 is 2.46 bits per heavy atom. The second kappa shape index (κ2) is 18.5. The third-order valence-electron chi connectivity index (χ3n) is 9.52. The largest absolute Gasteiger partial charge is 0.523 e. The van der Waals surface area contributed by atoms with Gasteiger partial charge in [-0.05, 0) is 66.5 Å². The number of halogens is 4. The van der Waals surface area contributed by atoms with Crippen LogP contribution in [0.3, 0.4) is 0 Å². The van der Waals surface area contributed by atoms with Crippen molar-refractivity contribution in [1.29, 1.82) is 0 Å². The molecule has 2 aromatic rings. The normalized spacial score (nSPS) is 19.1. The molecule has 302 valence electrons. The Bertz CT molecular complexity index is 1910. The van der Waals surface area contributed by atoms with Crippen LogP contribution in [0.1, 0.15) is 73.9 Å². The van der Waals surface area contributed by atoms with Crippen LogP contribution in [-0.2, 0) is 14.3 Å². The number of allylic oxidation sites excluding steroid dienone is 5. The number of urea groups is 1. The number of carbonyl (C=O) groups excluding carboxylic acids is 4. The van der Waals surface area contributed by atoms with Crippen molar-refractivity contribution in [1.82, 2.24) is 41.1 Å². The summed E-state index contributed by atoms with van der Waals surface area (Å²) in [5, 5.41) is 13.4. The van der Waals surface area contributed by atoms with Crippen molar-refractivity contribution in [3.05, 3.63) is 81.7 Å². The number of anilines is 1. The van der Waals surface area contributed by atoms with Crippen LogP contribution in [0.2, 0.25) is 0 Å². The van der Waals surface area contributed by atoms with Crippen molar-refractivity contribution in [2.24, 2.45) is 5.92 Å². The molecule has 1 aliphatic heterocycles. The zero-order valence-electron chi connectivity index (χ0n) is 31.3. The highest BCUT2D eigenvalue weighted by Crippen LogP contribution is 2.40. The Morgan fingerprint density at radius 1 is 1.07 bits per heavy atom. The number of hydrogen-bond acceptors (Lipinski definition) is 9. The van der Waals surface area contributed by atoms with Crippen molar-refractivity contribution >= 4 is 46.9 Å². The number of alkyl halides is 3. The van der Waals surface area contributed by atoms with Crippen molar-refractivity contribution in [3.8, 4) is 0 Å². The maximum absolute atomic E-state index is 13.7. The average Bonchev–Trinajstić information content (AvgIpc) is 3.87. The molecule has 3 aliphatic rings. The third kappa shape index (κ3) is 10.7. The molecular formula is C37H45ClF3N9O6. The number of hydrogen-bond donors (Lipinski definition) is 6. The van der Waals surface area contributed by atoms with Gasteiger partial charge in [-0.3, -0.25) is 14.3 Å². The zero-order valence-corrected chi connectivity index (χ0v) is 32.1. The predicted molar refractivity (Wildman–Crippen MR) is 201 cm³/mol. The van der Waals surface area contributed by atoms with Crippen LogP contribution >= 0.6 is 11.6 Å². The second-order valence-corrected chi connectivity index (χ2v) is 14.0. The summed E-state index contributed by atoms with van der Waals surface area (Å²) in [6, 6.07) is 1.63. The molecular weight excluding hydrogens is 759 g/mol. The van der Waals surface area contributed by atoms with E-state index in [1.54, 1.807) is 29.3 Å². The van der Waals surface area contributed by atoms with Gasteiger partial charge in [0.15, 0.2) is 0 Å². The van der Waals surface area contributed by atoms with E-state index in [0.717, 1.165) is 12.0 Å². The Kier molecular flexibility index (Phi) is 13.8. The zero-order chi connectivity index (χ0) is 40.6. The number of H-pyrrole nitrogens is 1. The number of pyridine rings is 1. The van der Waals surface area contributed by atoms with E-state index in [0.29, 0.717) is 61.8 Å². The third-order valence-corrected chi connectivity index (χ3v) is 9.86. The van der Waals surface area contributed by atoms with E-state index in [9.17, 15) is 32.3 Å². The van der Waals surface area contributed by atoms with Gasteiger partial charge in [-0.25, -0.2) is 19.6 Å². The molecule has 0 bridgehead atoms. The number of aromatic amines is 1. The molecule has 15 nitrogen and oxygen atoms in total. The first-order valence-corrected chi connectivity index (χ1v) is 18.5. The average molecular weight is 804 g/mol. The lowest BCUT2D eigenvalue weighted by Crippen LogP contribution is -2.51. The molecule has 6 N–H and O–H groups in total. The van der Waals surface area contributed by atoms with Crippen LogP contribution in [0.25, 0.3) is 5.57 Å². The first-order chi connectivity index (χ1) is 26.7. The SMILES string of the molecule is CNC(=O)NCCNc1ccc(C(=O)NC2=C(Cl)C=C(C3=CC=C(c4cnc(C5CCCN5C(=O)C(NC(=O)OC)C(C)C)[nH]4)CC3)C(OC(F)(F)F)C2)cn1. The molecule has 0 aromatic carbocycles. The lowest BCUT2D eigenvalue weighted by Gasteiger charge is -2.30. The molecule has 3 unspecified atom stereocenters. The number of aromatic nitrogens is 3. The highest BCUT2D eigenvalue weighted by atomic mass is 35.5. The molecule has 0 radical (unpaired) electrons. The molecule has 3 heterocycles. The molecule has 3 atom stereocenters. The van der Waals surface area contributed by atoms with Gasteiger partial charge in [-0.1, -0.05) is 37.6 Å². The fourth-order valence-electron chi connectivity index (χ4n) is 6.65. The molecule has 1 saturated heterocycles. The van der Waals surface area contributed by atoms with E-state index in [2.05, 4.69) is 46.3 Å². The van der Waals surface area contributed by atoms with Crippen LogP contribution < -0.4 is 26.6 Å². The predicted octanol–water partition coefficient (Wildman–Crippen LogP) is 5.41. The fraction of sp³-hybridized carbons (Fsp3) is 0.459. The van der Waals surface area contributed by atoms with Crippen LogP contribution in [0.5, 0.6) is 0 Å². The molecule has 5 amide bonds. The van der Waals surface area contributed by atoms with Crippen molar-refractivity contribution in [3.63, 3.8) is 0 Å². The van der Waals surface area contributed by atoms with E-state index >= 15 is 0 Å². The molecule has 2 aliphatic carbocycles. The summed E-state index contributed by atoms with van der Waals surface area (Å²) < 4.78 is 50.3. The van der Waals surface area contributed by atoms with Gasteiger partial charge in [0.1, 0.15) is 17.7 Å². The molecule has 0 saturated carbocycles. The number of imidazole rings is 1. The monoisotopic (exact) mass is 803 g/mol. The van der Waals surface area contributed by atoms with Gasteiger partial charge in [0.05, 0.1) is 41.7 Å². The lowest BCUT2D eigenvalue weighted by molar-refractivity contribution is -0.337. The Morgan fingerprint density at radius 2 is 1.82 bits per heavy atom. The van der Waals surface area contributed by atoms with E-state index in [-0.39, 0.29) is 52.2 Å². The van der Waals surface area contributed by atoms with E-state index in [1.807, 2.05) is 13.8 Å². The summed E-state index contributed by atoms with van der Waals surface area (Å²) in [4.78, 5) is 63.6. The quantitative estimate of drug-likeness (QED) is 0.144. The van der Waals surface area contributed by atoms with Gasteiger partial charge in [0.2, 0.25) is 5.91 Å². The van der Waals surface area contributed by atoms with Crippen molar-refractivity contribution < 1.29 is 41.8 Å². The first kappa shape index (κ1) is 41.8. The molecule has 1 fully saturated rings. The van der Waals surface area contributed by atoms with E-state index < -0.39 is 30.5 Å². The maximum atomic E-state index is 13.7. The summed E-state index contributed by atoms with van der Waals surface area (Å²) in [7, 11) is 2.74. The highest BCUT2D eigenvalue weighted by Gasteiger charge is 2.39. The van der Waals surface area contributed by atoms with Crippen LogP contribution in [0.4, 0.5) is 28.6 Å². The summed E-state index contributed by atoms with van der Waals surface area (Å²) in [6.07, 6.45) is 2.68. The van der Waals surface area contributed by atoms with Gasteiger partial charge in [-0.2, -0.15) is 0 Å². The van der Waals surface area contributed by atoms with Crippen molar-refractivity contribution in [2.45, 2.75) is 70.5 Å². The van der Waals surface area contributed by atoms with E-state index in [4.69, 9.17) is 16.3 Å². The first-order valence-electron chi connectivity index (χ1n) is 18.1. The summed E-state index contributed by atoms with van der Waals surface area (Å²) in [5.41, 5.74) is 2.63. The molecule has 56 heavy (non-hydrogen) atoms. The number of rotatable bonds is 13. The number of alkyl carbamates (subject to hydrolysis) is 1. The van der Waals surface area contributed by atoms with Gasteiger partial charge < -0.3 is 41.2 Å². The molecule has 19 heteroatoms. The molecule has 2 aromatic heterocycles. The Labute approximate surface area is 326 Å². The number of carbonyl (C=O) groups is 4. The van der Waals surface area contributed by atoms with Crippen LogP contribution in [-0.4, -0.2) is 96.1 Å². The second-order valence-electron chi connectivity index (χ2n) is 13.6. The maximum Gasteiger partial charge on any atom is 0.523 e. The fourth-order valence-corrected chi connectivity index (χ4v) is 6.89. The minimum absolute atomic E-state index is 0.0648. The smallest absolute Gasteiger partial charge is 0.453 e. The van der Waals surface area contributed by atoms with Gasteiger partial charge in [0.25, 0.3) is 5.91 Å². The topological polar surface area (TPSA) is 192 Å². The van der Waals surface area contributed by atoms with Gasteiger partial charge in [-0.15, -0.1) is 13.2 Å². The standard InChI is InChI=1S/C37H45ClF3N9O6/c1-20(2)31(49-36(54)55-4)34(52)50-15-5-6-28(50)32-46-19-27(47-32)22-9-7-21(8-10-22)24-16-25(38)26(17-29(24)56-37(39,40)41)48-33(51)23-11-12-30(45-18-23)43-13-14-44-35(53)42-3/h7,9,11-12,16,18-20,28-29,31H,5-6,8,10,13-15,17H2,1-4H3,(H,43,45)(H,46,47)(H,48,51)(H,49,54)(H2,42,44,53). The van der Waals surface area contributed by atoms with Gasteiger partial charge >= 0.3 is 18.5 Å². The van der Waals surface area contributed by atoms with Crippen LogP contribution in [0, 0.1) is 5.92 Å². The number of nitrogens with zero attached hydrogens (tertiary/aromatic N) is 3.